The number of rotatable bonds is 2. The van der Waals surface area contributed by atoms with Gasteiger partial charge < -0.3 is 0 Å². The van der Waals surface area contributed by atoms with E-state index in [-0.39, 0.29) is 32.3 Å². The van der Waals surface area contributed by atoms with Gasteiger partial charge in [0.05, 0.1) is 0 Å². The molecule has 1 unspecified atom stereocenters. The van der Waals surface area contributed by atoms with E-state index in [9.17, 15) is 0 Å². The number of H-pyrrole nitrogens is 1. The summed E-state index contributed by atoms with van der Waals surface area (Å²) in [4.78, 5) is 3.77. The van der Waals surface area contributed by atoms with Crippen LogP contribution in [0.4, 0.5) is 0 Å². The van der Waals surface area contributed by atoms with Crippen LogP contribution in [-0.4, -0.2) is 12.6 Å². The SMILES string of the molecule is C[C](C)(C)[Ti]([CH3])([CH3])(=[SiH2])([c]1ccc[nH]1)([CH]1C=Cc2ccccc21)[C](C)(C)C.Cl.Cl. The van der Waals surface area contributed by atoms with Crippen LogP contribution in [0.1, 0.15) is 56.9 Å². The van der Waals surface area contributed by atoms with E-state index < -0.39 is 11.5 Å². The second kappa shape index (κ2) is 5.92. The van der Waals surface area contributed by atoms with Crippen molar-refractivity contribution in [3.05, 3.63) is 59.8 Å². The second-order valence-electron chi connectivity index (χ2n) is 12.9. The number of aromatic nitrogens is 1. The van der Waals surface area contributed by atoms with Crippen molar-refractivity contribution in [3.8, 4) is 0 Å². The minimum atomic E-state index is -4.68. The Balaban J connectivity index is 0.00000196. The third-order valence-electron chi connectivity index (χ3n) is 11.3. The van der Waals surface area contributed by atoms with E-state index in [0.717, 1.165) is 0 Å². The van der Waals surface area contributed by atoms with Crippen LogP contribution in [0.3, 0.4) is 0 Å². The molecule has 0 saturated carbocycles. The van der Waals surface area contributed by atoms with Crippen molar-refractivity contribution < 1.29 is 11.5 Å². The van der Waals surface area contributed by atoms with Crippen molar-refractivity contribution in [1.82, 2.24) is 4.98 Å². The van der Waals surface area contributed by atoms with Gasteiger partial charge in [-0.05, 0) is 0 Å². The van der Waals surface area contributed by atoms with Gasteiger partial charge in [0, 0.05) is 0 Å². The number of allylic oxidation sites excluding steroid dienone is 1. The maximum Gasteiger partial charge on any atom is -0.147 e. The summed E-state index contributed by atoms with van der Waals surface area (Å²) in [7, 11) is 2.40. The molecule has 2 aromatic rings. The average Bonchev–Trinajstić information content (AvgIpc) is 3.16. The van der Waals surface area contributed by atoms with Gasteiger partial charge in [0.25, 0.3) is 0 Å². The zero-order chi connectivity index (χ0) is 19.8. The second-order valence-corrected chi connectivity index (χ2v) is 46.3. The van der Waals surface area contributed by atoms with Crippen LogP contribution in [0.15, 0.2) is 48.7 Å². The number of hydrogen-bond donors (Lipinski definition) is 1. The van der Waals surface area contributed by atoms with Gasteiger partial charge in [-0.15, -0.1) is 24.8 Å². The van der Waals surface area contributed by atoms with Crippen LogP contribution < -0.4 is 4.00 Å². The Morgan fingerprint density at radius 1 is 0.857 bits per heavy atom. The Bertz CT molecular complexity index is 1020. The Hall–Kier alpha value is -0.249. The molecule has 0 spiro atoms. The molecule has 1 aliphatic carbocycles. The quantitative estimate of drug-likeness (QED) is 0.446. The summed E-state index contributed by atoms with van der Waals surface area (Å²) >= 11 is -4.68. The molecular weight excluding hydrogens is 437 g/mol. The van der Waals surface area contributed by atoms with E-state index in [1.165, 1.54) is 15.1 Å². The molecule has 1 aromatic carbocycles. The summed E-state index contributed by atoms with van der Waals surface area (Å²) in [6, 6.07) is 13.6. The van der Waals surface area contributed by atoms with Crippen molar-refractivity contribution in [2.45, 2.75) is 63.7 Å². The number of fused-ring (bicyclic) bond motifs is 1. The van der Waals surface area contributed by atoms with Gasteiger partial charge in [0.2, 0.25) is 0 Å². The molecule has 0 radical (unpaired) electrons. The average molecular weight is 476 g/mol. The maximum absolute atomic E-state index is 4.68. The van der Waals surface area contributed by atoms with Crippen molar-refractivity contribution in [3.63, 3.8) is 0 Å². The van der Waals surface area contributed by atoms with Crippen molar-refractivity contribution >= 4 is 42.5 Å². The zero-order valence-electron chi connectivity index (χ0n) is 18.8. The number of nitrogens with one attached hydrogen (secondary N) is 1. The predicted molar refractivity (Wildman–Crippen MR) is 133 cm³/mol. The van der Waals surface area contributed by atoms with E-state index in [2.05, 4.69) is 119 Å². The van der Waals surface area contributed by atoms with Gasteiger partial charge >= 0.3 is 158 Å². The van der Waals surface area contributed by atoms with E-state index in [4.69, 9.17) is 0 Å². The standard InChI is InChI=1S/C9H7.C4H4N.2C4H9.2CH3.2ClH.H2Si.Ti/c1-2-5-9-7-3-6-8(9)4-1;1-2-4-5-3-1;2*1-4(2)3;;;;;;/h1-7H;1-3,5H;2*1-3H3;2*1H3;2*1H;1H2;. The van der Waals surface area contributed by atoms with Crippen LogP contribution in [0.25, 0.3) is 6.08 Å². The predicted octanol–water partition coefficient (Wildman–Crippen LogP) is 7.09. The molecule has 0 fully saturated rings. The number of aromatic amines is 1. The van der Waals surface area contributed by atoms with Crippen LogP contribution in [0.2, 0.25) is 17.9 Å². The van der Waals surface area contributed by atoms with Gasteiger partial charge in [-0.2, -0.15) is 0 Å². The minimum absolute atomic E-state index is 0. The Morgan fingerprint density at radius 3 is 1.86 bits per heavy atom. The molecule has 0 saturated heterocycles. The summed E-state index contributed by atoms with van der Waals surface area (Å²) < 4.78 is 2.09. The van der Waals surface area contributed by atoms with E-state index in [1.807, 2.05) is 0 Å². The molecule has 3 rings (SSSR count). The molecule has 5 heteroatoms. The number of benzene rings is 1. The first-order chi connectivity index (χ1) is 11.6. The van der Waals surface area contributed by atoms with Gasteiger partial charge in [-0.25, -0.2) is 0 Å². The largest absolute Gasteiger partial charge is 0.147 e. The molecular formula is C23H39Cl2NSiTi. The Labute approximate surface area is 181 Å². The van der Waals surface area contributed by atoms with Crippen LogP contribution in [0.5, 0.6) is 0 Å². The molecule has 158 valence electrons. The van der Waals surface area contributed by atoms with E-state index >= 15 is 0 Å². The first-order valence-electron chi connectivity index (χ1n) is 9.96. The van der Waals surface area contributed by atoms with Crippen molar-refractivity contribution in [2.24, 2.45) is 0 Å². The molecule has 1 nitrogen and oxygen atoms in total. The van der Waals surface area contributed by atoms with E-state index in [0.29, 0.717) is 4.22 Å². The molecule has 1 atom stereocenters. The fraction of sp³-hybridized carbons (Fsp3) is 0.478. The first kappa shape index (κ1) is 25.8. The maximum atomic E-state index is 3.77. The first-order valence-corrected chi connectivity index (χ1v) is 20.3. The summed E-state index contributed by atoms with van der Waals surface area (Å²) in [6.45, 7) is 15.0. The molecule has 1 aliphatic rings. The molecule has 1 aromatic heterocycles. The van der Waals surface area contributed by atoms with Crippen LogP contribution >= 0.6 is 24.8 Å². The topological polar surface area (TPSA) is 15.8 Å². The van der Waals surface area contributed by atoms with Crippen molar-refractivity contribution in [2.75, 3.05) is 0 Å². The molecule has 0 amide bonds. The van der Waals surface area contributed by atoms with Crippen LogP contribution in [0, 0.1) is 0 Å². The third kappa shape index (κ3) is 2.10. The summed E-state index contributed by atoms with van der Waals surface area (Å²) in [5.41, 5.74) is 2.89. The summed E-state index contributed by atoms with van der Waals surface area (Å²) in [5, 5.41) is 5.44. The minimum Gasteiger partial charge on any atom is -0.147 e. The van der Waals surface area contributed by atoms with Gasteiger partial charge in [0.1, 0.15) is 0 Å². The number of hydrogen-bond acceptors (Lipinski definition) is 0. The fourth-order valence-electron chi connectivity index (χ4n) is 6.34. The molecule has 28 heavy (non-hydrogen) atoms. The van der Waals surface area contributed by atoms with Crippen LogP contribution in [-0.2, 0) is 11.5 Å². The molecule has 1 heterocycles. The Kier molecular flexibility index (Phi) is 5.45. The summed E-state index contributed by atoms with van der Waals surface area (Å²) in [6.07, 6.45) is 7.02. The molecule has 0 aliphatic heterocycles. The molecule has 1 N–H and O–H groups in total. The smallest absolute Gasteiger partial charge is 0.147 e. The fourth-order valence-corrected chi connectivity index (χ4v) is 24.4. The van der Waals surface area contributed by atoms with Gasteiger partial charge in [0.15, 0.2) is 0 Å². The Morgan fingerprint density at radius 2 is 1.39 bits per heavy atom. The zero-order valence-corrected chi connectivity index (χ0v) is 23.4. The van der Waals surface area contributed by atoms with E-state index in [1.54, 1.807) is 0 Å². The van der Waals surface area contributed by atoms with Crippen molar-refractivity contribution in [1.29, 1.82) is 0 Å². The van der Waals surface area contributed by atoms with Gasteiger partial charge in [-0.1, -0.05) is 0 Å². The molecule has 0 bridgehead atoms. The monoisotopic (exact) mass is 475 g/mol. The summed E-state index contributed by atoms with van der Waals surface area (Å²) in [5.74, 6) is 0. The number of halogens is 2. The van der Waals surface area contributed by atoms with Gasteiger partial charge in [-0.3, -0.25) is 0 Å². The normalized spacial score (nSPS) is 20.6. The third-order valence-corrected chi connectivity index (χ3v) is 52.5.